The maximum absolute atomic E-state index is 13.2. The summed E-state index contributed by atoms with van der Waals surface area (Å²) in [7, 11) is -3.81. The molecule has 0 saturated carbocycles. The molecule has 0 spiro atoms. The molecule has 0 fully saturated rings. The minimum Gasteiger partial charge on any atom is -0.490 e. The number of benzene rings is 2. The number of rotatable bonds is 9. The predicted molar refractivity (Wildman–Crippen MR) is 103 cm³/mol. The van der Waals surface area contributed by atoms with E-state index in [1.165, 1.54) is 24.3 Å². The third-order valence-electron chi connectivity index (χ3n) is 4.00. The average Bonchev–Trinajstić information content (AvgIpc) is 2.62. The van der Waals surface area contributed by atoms with Gasteiger partial charge in [-0.25, -0.2) is 17.5 Å². The fourth-order valence-corrected chi connectivity index (χ4v) is 4.08. The molecule has 0 aliphatic heterocycles. The molecule has 0 radical (unpaired) electrons. The van der Waals surface area contributed by atoms with Crippen LogP contribution in [-0.4, -0.2) is 21.6 Å². The van der Waals surface area contributed by atoms with Crippen molar-refractivity contribution in [2.24, 2.45) is 5.92 Å². The molecule has 7 heteroatoms. The van der Waals surface area contributed by atoms with Gasteiger partial charge in [0.15, 0.2) is 11.5 Å². The Balaban J connectivity index is 2.35. The third-order valence-corrected chi connectivity index (χ3v) is 5.44. The molecule has 0 heterocycles. The largest absolute Gasteiger partial charge is 0.490 e. The molecule has 148 valence electrons. The van der Waals surface area contributed by atoms with E-state index in [1.807, 2.05) is 27.7 Å². The Morgan fingerprint density at radius 2 is 1.56 bits per heavy atom. The lowest BCUT2D eigenvalue weighted by Crippen LogP contribution is -2.31. The Hall–Kier alpha value is -2.12. The Labute approximate surface area is 160 Å². The van der Waals surface area contributed by atoms with Gasteiger partial charge in [0, 0.05) is 12.1 Å². The van der Waals surface area contributed by atoms with Crippen molar-refractivity contribution in [1.82, 2.24) is 4.72 Å². The Bertz CT molecular complexity index is 851. The van der Waals surface area contributed by atoms with Crippen LogP contribution in [0.25, 0.3) is 0 Å². The van der Waals surface area contributed by atoms with Crippen molar-refractivity contribution in [3.63, 3.8) is 0 Å². The monoisotopic (exact) mass is 395 g/mol. The number of sulfonamides is 1. The number of halogens is 1. The first kappa shape index (κ1) is 21.2. The van der Waals surface area contributed by atoms with E-state index in [2.05, 4.69) is 4.72 Å². The molecule has 2 aromatic carbocycles. The van der Waals surface area contributed by atoms with Gasteiger partial charge in [0.25, 0.3) is 0 Å². The lowest BCUT2D eigenvalue weighted by molar-refractivity contribution is 0.287. The molecule has 27 heavy (non-hydrogen) atoms. The van der Waals surface area contributed by atoms with E-state index in [4.69, 9.17) is 9.47 Å². The van der Waals surface area contributed by atoms with E-state index in [0.717, 1.165) is 0 Å². The molecule has 2 rings (SSSR count). The van der Waals surface area contributed by atoms with E-state index < -0.39 is 16.1 Å². The second-order valence-corrected chi connectivity index (χ2v) is 8.08. The van der Waals surface area contributed by atoms with E-state index in [9.17, 15) is 12.8 Å². The van der Waals surface area contributed by atoms with E-state index in [1.54, 1.807) is 18.2 Å². The topological polar surface area (TPSA) is 64.6 Å². The van der Waals surface area contributed by atoms with Crippen molar-refractivity contribution in [2.75, 3.05) is 13.2 Å². The molecule has 1 N–H and O–H groups in total. The smallest absolute Gasteiger partial charge is 0.241 e. The fourth-order valence-electron chi connectivity index (χ4n) is 2.69. The number of hydrogen-bond donors (Lipinski definition) is 1. The second kappa shape index (κ2) is 9.19. The van der Waals surface area contributed by atoms with Crippen molar-refractivity contribution in [3.8, 4) is 11.5 Å². The third kappa shape index (κ3) is 5.43. The van der Waals surface area contributed by atoms with Gasteiger partial charge in [-0.05, 0) is 49.6 Å². The zero-order valence-corrected chi connectivity index (χ0v) is 16.8. The summed E-state index contributed by atoms with van der Waals surface area (Å²) in [5.41, 5.74) is 0.700. The van der Waals surface area contributed by atoms with Crippen LogP contribution in [0.1, 0.15) is 39.3 Å². The SMILES string of the molecule is CCOc1ccc(S(=O)(=O)NC(c2ccc(F)cc2)C(C)C)cc1OCC. The van der Waals surface area contributed by atoms with Gasteiger partial charge in [-0.1, -0.05) is 26.0 Å². The lowest BCUT2D eigenvalue weighted by atomic mass is 9.97. The molecular formula is C20H26FNO4S. The predicted octanol–water partition coefficient (Wildman–Crippen LogP) is 4.30. The van der Waals surface area contributed by atoms with Crippen molar-refractivity contribution in [1.29, 1.82) is 0 Å². The van der Waals surface area contributed by atoms with Gasteiger partial charge in [-0.15, -0.1) is 0 Å². The minimum atomic E-state index is -3.81. The average molecular weight is 395 g/mol. The van der Waals surface area contributed by atoms with Crippen LogP contribution in [0.5, 0.6) is 11.5 Å². The van der Waals surface area contributed by atoms with Gasteiger partial charge in [-0.2, -0.15) is 0 Å². The van der Waals surface area contributed by atoms with Gasteiger partial charge in [0.05, 0.1) is 18.1 Å². The number of nitrogens with one attached hydrogen (secondary N) is 1. The highest BCUT2D eigenvalue weighted by Crippen LogP contribution is 2.31. The van der Waals surface area contributed by atoms with Crippen LogP contribution in [0.15, 0.2) is 47.4 Å². The molecule has 1 unspecified atom stereocenters. The van der Waals surface area contributed by atoms with Gasteiger partial charge < -0.3 is 9.47 Å². The standard InChI is InChI=1S/C20H26FNO4S/c1-5-25-18-12-11-17(13-19(18)26-6-2)27(23,24)22-20(14(3)4)15-7-9-16(21)10-8-15/h7-14,20,22H,5-6H2,1-4H3. The summed E-state index contributed by atoms with van der Waals surface area (Å²) in [5, 5.41) is 0. The first-order chi connectivity index (χ1) is 12.8. The molecule has 0 aliphatic rings. The summed E-state index contributed by atoms with van der Waals surface area (Å²) in [6.45, 7) is 8.31. The summed E-state index contributed by atoms with van der Waals surface area (Å²) >= 11 is 0. The fraction of sp³-hybridized carbons (Fsp3) is 0.400. The van der Waals surface area contributed by atoms with Crippen LogP contribution < -0.4 is 14.2 Å². The minimum absolute atomic E-state index is 0.0284. The summed E-state index contributed by atoms with van der Waals surface area (Å²) in [5.74, 6) is 0.485. The number of hydrogen-bond acceptors (Lipinski definition) is 4. The van der Waals surface area contributed by atoms with Crippen LogP contribution in [0.2, 0.25) is 0 Å². The maximum Gasteiger partial charge on any atom is 0.241 e. The molecular weight excluding hydrogens is 369 g/mol. The molecule has 0 amide bonds. The molecule has 2 aromatic rings. The summed E-state index contributed by atoms with van der Waals surface area (Å²) < 4.78 is 52.8. The van der Waals surface area contributed by atoms with Gasteiger partial charge >= 0.3 is 0 Å². The van der Waals surface area contributed by atoms with Crippen LogP contribution in [0.3, 0.4) is 0 Å². The quantitative estimate of drug-likeness (QED) is 0.688. The lowest BCUT2D eigenvalue weighted by Gasteiger charge is -2.23. The second-order valence-electron chi connectivity index (χ2n) is 6.37. The van der Waals surface area contributed by atoms with Crippen LogP contribution in [0.4, 0.5) is 4.39 Å². The van der Waals surface area contributed by atoms with Crippen LogP contribution >= 0.6 is 0 Å². The Morgan fingerprint density at radius 3 is 2.11 bits per heavy atom. The molecule has 0 saturated heterocycles. The van der Waals surface area contributed by atoms with Crippen molar-refractivity contribution < 1.29 is 22.3 Å². The highest BCUT2D eigenvalue weighted by atomic mass is 32.2. The molecule has 1 atom stereocenters. The van der Waals surface area contributed by atoms with Crippen molar-refractivity contribution >= 4 is 10.0 Å². The zero-order valence-electron chi connectivity index (χ0n) is 16.0. The van der Waals surface area contributed by atoms with Gasteiger partial charge in [-0.3, -0.25) is 0 Å². The van der Waals surface area contributed by atoms with Gasteiger partial charge in [0.1, 0.15) is 5.82 Å². The van der Waals surface area contributed by atoms with Crippen molar-refractivity contribution in [2.45, 2.75) is 38.6 Å². The zero-order chi connectivity index (χ0) is 20.0. The van der Waals surface area contributed by atoms with Crippen LogP contribution in [0, 0.1) is 11.7 Å². The molecule has 0 bridgehead atoms. The van der Waals surface area contributed by atoms with Crippen molar-refractivity contribution in [3.05, 3.63) is 53.8 Å². The summed E-state index contributed by atoms with van der Waals surface area (Å²) in [6, 6.07) is 9.87. The van der Waals surface area contributed by atoms with E-state index in [-0.39, 0.29) is 16.6 Å². The molecule has 0 aliphatic carbocycles. The maximum atomic E-state index is 13.2. The first-order valence-electron chi connectivity index (χ1n) is 8.96. The van der Waals surface area contributed by atoms with E-state index >= 15 is 0 Å². The molecule has 5 nitrogen and oxygen atoms in total. The normalized spacial score (nSPS) is 12.8. The molecule has 0 aromatic heterocycles. The highest BCUT2D eigenvalue weighted by molar-refractivity contribution is 7.89. The van der Waals surface area contributed by atoms with Gasteiger partial charge in [0.2, 0.25) is 10.0 Å². The Kier molecular flexibility index (Phi) is 7.21. The van der Waals surface area contributed by atoms with Crippen LogP contribution in [-0.2, 0) is 10.0 Å². The highest BCUT2D eigenvalue weighted by Gasteiger charge is 2.25. The van der Waals surface area contributed by atoms with E-state index in [0.29, 0.717) is 30.3 Å². The summed E-state index contributed by atoms with van der Waals surface area (Å²) in [4.78, 5) is 0.0853. The Morgan fingerprint density at radius 1 is 0.963 bits per heavy atom. The first-order valence-corrected chi connectivity index (χ1v) is 10.4. The number of ether oxygens (including phenoxy) is 2. The summed E-state index contributed by atoms with van der Waals surface area (Å²) in [6.07, 6.45) is 0.